The van der Waals surface area contributed by atoms with E-state index in [2.05, 4.69) is 27.7 Å². The van der Waals surface area contributed by atoms with Crippen LogP contribution < -0.4 is 0 Å². The number of aryl methyl sites for hydroxylation is 2. The molecule has 0 aliphatic rings. The SMILES string of the molecule is CCCCCCCCCCc1cccc(S(=O)(=O)[O-])c1CCCCCCCCCC.CCCCCCCCCCc1cccc(S(=O)(=O)[O-])c1CCCCCCCCCC.[Ba+2]. The molecule has 0 saturated heterocycles. The number of benzene rings is 2. The molecular formula is C52H90BaO6S2. The van der Waals surface area contributed by atoms with Gasteiger partial charge in [-0.3, -0.25) is 0 Å². The zero-order valence-corrected chi connectivity index (χ0v) is 46.0. The van der Waals surface area contributed by atoms with Crippen molar-refractivity contribution in [2.45, 2.75) is 269 Å². The molecule has 0 aromatic heterocycles. The maximum atomic E-state index is 11.8. The predicted octanol–water partition coefficient (Wildman–Crippen LogP) is 15.5. The van der Waals surface area contributed by atoms with Gasteiger partial charge in [-0.2, -0.15) is 0 Å². The molecule has 2 rings (SSSR count). The summed E-state index contributed by atoms with van der Waals surface area (Å²) in [6, 6.07) is 10.5. The summed E-state index contributed by atoms with van der Waals surface area (Å²) in [6.45, 7) is 8.93. The van der Waals surface area contributed by atoms with Crippen LogP contribution in [0.4, 0.5) is 0 Å². The van der Waals surface area contributed by atoms with E-state index in [0.717, 1.165) is 73.6 Å². The van der Waals surface area contributed by atoms with Crippen LogP contribution in [0.3, 0.4) is 0 Å². The van der Waals surface area contributed by atoms with Gasteiger partial charge in [0.15, 0.2) is 0 Å². The largest absolute Gasteiger partial charge is 2.00 e. The molecule has 0 unspecified atom stereocenters. The standard InChI is InChI=1S/2C26H46O3S.Ba/c2*1-3-5-7-9-11-13-15-17-20-24-21-19-23-26(30(27,28)29)25(24)22-18-16-14-12-10-8-6-4-2;/h2*19,21,23H,3-18,20,22H2,1-2H3,(H,27,28,29);/q;;+2/p-2. The minimum Gasteiger partial charge on any atom is -0.744 e. The topological polar surface area (TPSA) is 114 Å². The van der Waals surface area contributed by atoms with Crippen molar-refractivity contribution in [1.29, 1.82) is 0 Å². The molecule has 348 valence electrons. The van der Waals surface area contributed by atoms with Crippen LogP contribution in [0.25, 0.3) is 0 Å². The monoisotopic (exact) mass is 1010 g/mol. The van der Waals surface area contributed by atoms with E-state index in [0.29, 0.717) is 12.8 Å². The molecule has 9 heteroatoms. The summed E-state index contributed by atoms with van der Waals surface area (Å²) in [6.07, 6.45) is 42.7. The number of hydrogen-bond acceptors (Lipinski definition) is 6. The van der Waals surface area contributed by atoms with E-state index in [9.17, 15) is 25.9 Å². The van der Waals surface area contributed by atoms with Gasteiger partial charge in [0.25, 0.3) is 0 Å². The normalized spacial score (nSPS) is 11.6. The van der Waals surface area contributed by atoms with E-state index in [1.807, 2.05) is 12.1 Å². The second kappa shape index (κ2) is 40.1. The average molecular weight is 1010 g/mol. The van der Waals surface area contributed by atoms with Crippen molar-refractivity contribution in [3.05, 3.63) is 58.7 Å². The summed E-state index contributed by atoms with van der Waals surface area (Å²) in [4.78, 5) is 0.0324. The molecule has 0 fully saturated rings. The van der Waals surface area contributed by atoms with Crippen LogP contribution in [-0.2, 0) is 45.9 Å². The molecule has 0 spiro atoms. The summed E-state index contributed by atoms with van der Waals surface area (Å²) >= 11 is 0. The van der Waals surface area contributed by atoms with Crippen molar-refractivity contribution >= 4 is 69.1 Å². The maximum absolute atomic E-state index is 11.8. The zero-order valence-electron chi connectivity index (χ0n) is 39.9. The van der Waals surface area contributed by atoms with Crippen molar-refractivity contribution in [2.24, 2.45) is 0 Å². The van der Waals surface area contributed by atoms with E-state index >= 15 is 0 Å². The fraction of sp³-hybridized carbons (Fsp3) is 0.769. The molecule has 0 aliphatic heterocycles. The minimum atomic E-state index is -4.41. The number of hydrogen-bond donors (Lipinski definition) is 0. The van der Waals surface area contributed by atoms with Gasteiger partial charge in [-0.05, 0) is 85.8 Å². The Morgan fingerprint density at radius 1 is 0.328 bits per heavy atom. The molecular weight excluding hydrogens is 922 g/mol. The Hall–Kier alpha value is -0.169. The summed E-state index contributed by atoms with van der Waals surface area (Å²) < 4.78 is 70.7. The molecule has 0 atom stereocenters. The molecule has 0 saturated carbocycles. The summed E-state index contributed by atoms with van der Waals surface area (Å²) in [7, 11) is -8.82. The third-order valence-corrected chi connectivity index (χ3v) is 14.0. The van der Waals surface area contributed by atoms with E-state index in [-0.39, 0.29) is 58.7 Å². The van der Waals surface area contributed by atoms with E-state index in [1.165, 1.54) is 179 Å². The first-order valence-corrected chi connectivity index (χ1v) is 28.0. The van der Waals surface area contributed by atoms with Gasteiger partial charge in [0.05, 0.1) is 9.79 Å². The van der Waals surface area contributed by atoms with E-state index < -0.39 is 20.2 Å². The van der Waals surface area contributed by atoms with Crippen LogP contribution >= 0.6 is 0 Å². The first-order valence-electron chi connectivity index (χ1n) is 25.1. The van der Waals surface area contributed by atoms with Crippen LogP contribution in [-0.4, -0.2) is 74.8 Å². The van der Waals surface area contributed by atoms with Gasteiger partial charge in [-0.25, -0.2) is 16.8 Å². The first kappa shape index (κ1) is 60.8. The molecule has 61 heavy (non-hydrogen) atoms. The van der Waals surface area contributed by atoms with Crippen LogP contribution in [0.2, 0.25) is 0 Å². The third kappa shape index (κ3) is 31.4. The Morgan fingerprint density at radius 2 is 0.541 bits per heavy atom. The fourth-order valence-corrected chi connectivity index (χ4v) is 10.1. The van der Waals surface area contributed by atoms with Crippen molar-refractivity contribution in [3.8, 4) is 0 Å². The third-order valence-electron chi connectivity index (χ3n) is 12.2. The molecule has 6 nitrogen and oxygen atoms in total. The van der Waals surface area contributed by atoms with Gasteiger partial charge in [-0.15, -0.1) is 0 Å². The van der Waals surface area contributed by atoms with Gasteiger partial charge < -0.3 is 9.11 Å². The molecule has 2 aromatic carbocycles. The Labute approximate surface area is 418 Å². The maximum Gasteiger partial charge on any atom is 2.00 e. The molecule has 0 bridgehead atoms. The number of unbranched alkanes of at least 4 members (excludes halogenated alkanes) is 28. The van der Waals surface area contributed by atoms with Crippen molar-refractivity contribution < 1.29 is 25.9 Å². The Bertz CT molecular complexity index is 1430. The van der Waals surface area contributed by atoms with Gasteiger partial charge in [-0.1, -0.05) is 232 Å². The predicted molar refractivity (Wildman–Crippen MR) is 260 cm³/mol. The fourth-order valence-electron chi connectivity index (χ4n) is 8.50. The minimum absolute atomic E-state index is 0. The van der Waals surface area contributed by atoms with Crippen LogP contribution in [0.5, 0.6) is 0 Å². The molecule has 0 heterocycles. The molecule has 2 aromatic rings. The van der Waals surface area contributed by atoms with Crippen molar-refractivity contribution in [1.82, 2.24) is 0 Å². The second-order valence-electron chi connectivity index (χ2n) is 17.6. The summed E-state index contributed by atoms with van der Waals surface area (Å²) in [5.74, 6) is 0. The first-order chi connectivity index (χ1) is 29.0. The Morgan fingerprint density at radius 3 is 0.770 bits per heavy atom. The van der Waals surface area contributed by atoms with Crippen molar-refractivity contribution in [2.75, 3.05) is 0 Å². The van der Waals surface area contributed by atoms with Crippen LogP contribution in [0.1, 0.15) is 255 Å². The Kier molecular flexibility index (Phi) is 40.0. The zero-order chi connectivity index (χ0) is 44.2. The quantitative estimate of drug-likeness (QED) is 0.0376. The summed E-state index contributed by atoms with van der Waals surface area (Å²) in [5, 5.41) is 0. The Balaban J connectivity index is 0.00000116. The van der Waals surface area contributed by atoms with Gasteiger partial charge >= 0.3 is 48.9 Å². The molecule has 0 radical (unpaired) electrons. The number of rotatable bonds is 38. The van der Waals surface area contributed by atoms with Gasteiger partial charge in [0.2, 0.25) is 0 Å². The van der Waals surface area contributed by atoms with E-state index in [4.69, 9.17) is 0 Å². The summed E-state index contributed by atoms with van der Waals surface area (Å²) in [5.41, 5.74) is 3.73. The second-order valence-corrected chi connectivity index (χ2v) is 20.3. The average Bonchev–Trinajstić information content (AvgIpc) is 3.22. The van der Waals surface area contributed by atoms with Crippen LogP contribution in [0.15, 0.2) is 46.2 Å². The molecule has 0 amide bonds. The van der Waals surface area contributed by atoms with E-state index in [1.54, 1.807) is 12.1 Å². The smallest absolute Gasteiger partial charge is 0.744 e. The molecule has 0 N–H and O–H groups in total. The van der Waals surface area contributed by atoms with Crippen LogP contribution in [0, 0.1) is 0 Å². The van der Waals surface area contributed by atoms with Crippen molar-refractivity contribution in [3.63, 3.8) is 0 Å². The van der Waals surface area contributed by atoms with Gasteiger partial charge in [0, 0.05) is 0 Å². The van der Waals surface area contributed by atoms with Gasteiger partial charge in [0.1, 0.15) is 20.2 Å². The molecule has 0 aliphatic carbocycles.